The molecular weight excluding hydrogens is 564 g/mol. The molecule has 0 saturated heterocycles. The number of para-hydroxylation sites is 2. The van der Waals surface area contributed by atoms with Gasteiger partial charge in [0.05, 0.1) is 11.4 Å². The third kappa shape index (κ3) is 4.61. The van der Waals surface area contributed by atoms with E-state index in [-0.39, 0.29) is 0 Å². The van der Waals surface area contributed by atoms with Crippen molar-refractivity contribution in [3.05, 3.63) is 149 Å². The average molecular weight is 607 g/mol. The van der Waals surface area contributed by atoms with E-state index in [9.17, 15) is 0 Å². The van der Waals surface area contributed by atoms with Crippen LogP contribution in [-0.4, -0.2) is 30.0 Å². The lowest BCUT2D eigenvalue weighted by molar-refractivity contribution is 0.731. The highest BCUT2D eigenvalue weighted by atomic mass is 15.4. The number of rotatable bonds is 6. The number of hydrogen-bond acceptors (Lipinski definition) is 4. The molecular formula is C40H42N6. The lowest BCUT2D eigenvalue weighted by atomic mass is 9.92. The topological polar surface area (TPSA) is 61.4 Å². The van der Waals surface area contributed by atoms with Gasteiger partial charge >= 0.3 is 0 Å². The Bertz CT molecular complexity index is 2270. The summed E-state index contributed by atoms with van der Waals surface area (Å²) in [5.41, 5.74) is 7.25. The molecule has 0 fully saturated rings. The Balaban J connectivity index is 1.81. The summed E-state index contributed by atoms with van der Waals surface area (Å²) in [4.78, 5) is 0. The molecule has 0 N–H and O–H groups in total. The van der Waals surface area contributed by atoms with Crippen LogP contribution in [0.25, 0.3) is 11.4 Å². The molecule has 6 nitrogen and oxygen atoms in total. The van der Waals surface area contributed by atoms with E-state index in [0.29, 0.717) is 23.7 Å². The molecule has 1 aliphatic carbocycles. The first-order chi connectivity index (χ1) is 22.2. The molecule has 1 aliphatic rings. The summed E-state index contributed by atoms with van der Waals surface area (Å²) in [6.45, 7) is 18.0. The summed E-state index contributed by atoms with van der Waals surface area (Å²) >= 11 is 0. The Hall–Kier alpha value is -4.84. The van der Waals surface area contributed by atoms with E-state index in [4.69, 9.17) is 20.6 Å². The summed E-state index contributed by atoms with van der Waals surface area (Å²) in [5, 5.41) is 27.7. The minimum Gasteiger partial charge on any atom is -0.212 e. The van der Waals surface area contributed by atoms with E-state index in [1.54, 1.807) is 0 Å². The van der Waals surface area contributed by atoms with Crippen LogP contribution in [0.1, 0.15) is 101 Å². The molecule has 4 aromatic carbocycles. The van der Waals surface area contributed by atoms with Crippen molar-refractivity contribution in [2.24, 2.45) is 0 Å². The van der Waals surface area contributed by atoms with Crippen molar-refractivity contribution in [1.82, 2.24) is 30.0 Å². The van der Waals surface area contributed by atoms with Crippen LogP contribution >= 0.6 is 0 Å². The Morgan fingerprint density at radius 3 is 1.00 bits per heavy atom. The van der Waals surface area contributed by atoms with Crippen molar-refractivity contribution in [2.75, 3.05) is 0 Å². The van der Waals surface area contributed by atoms with Crippen molar-refractivity contribution >= 4 is 0 Å². The van der Waals surface area contributed by atoms with Gasteiger partial charge in [0.1, 0.15) is 21.4 Å². The van der Waals surface area contributed by atoms with E-state index in [1.807, 2.05) is 0 Å². The highest BCUT2D eigenvalue weighted by molar-refractivity contribution is 5.52. The molecule has 0 aliphatic heterocycles. The Labute approximate surface area is 269 Å². The fraction of sp³-hybridized carbons (Fsp3) is 0.300. The zero-order valence-electron chi connectivity index (χ0n) is 28.1. The number of nitrogens with zero attached hydrogens (tertiary/aromatic N) is 6. The lowest BCUT2D eigenvalue weighted by Crippen LogP contribution is -2.10. The molecule has 0 saturated carbocycles. The second-order valence-electron chi connectivity index (χ2n) is 13.7. The molecule has 0 amide bonds. The fourth-order valence-electron chi connectivity index (χ4n) is 7.03. The van der Waals surface area contributed by atoms with E-state index >= 15 is 0 Å². The molecule has 0 bridgehead atoms. The third-order valence-electron chi connectivity index (χ3n) is 9.32. The monoisotopic (exact) mass is 606 g/mol. The number of hydrogen-bond donors (Lipinski definition) is 0. The van der Waals surface area contributed by atoms with Gasteiger partial charge in [-0.05, 0) is 45.9 Å². The molecule has 46 heavy (non-hydrogen) atoms. The van der Waals surface area contributed by atoms with Crippen molar-refractivity contribution < 1.29 is 0 Å². The van der Waals surface area contributed by atoms with E-state index < -0.39 is 0 Å². The fourth-order valence-corrected chi connectivity index (χ4v) is 7.03. The number of fused-ring (bicyclic) bond motifs is 4. The van der Waals surface area contributed by atoms with Gasteiger partial charge in [0, 0.05) is 20.9 Å². The van der Waals surface area contributed by atoms with Crippen LogP contribution < -0.4 is 0 Å². The minimum atomic E-state index is 0.312. The van der Waals surface area contributed by atoms with Crippen LogP contribution in [0.4, 0.5) is 0 Å². The van der Waals surface area contributed by atoms with Gasteiger partial charge in [-0.15, -0.1) is 10.2 Å². The standard InChI is InChI=1S/C40H42N6/c1-23(2)27-19-13-20-28(24(3)4)37(27)45-39-33-17-11-9-15-31(33)36-40(34-18-12-10-16-32(34)35(39)41-43-45)46(44-42-36)38-29(25(5)6)21-14-22-30(38)26(7)8/h9-26H,1-8H3/b35-32+,36-31+,39-33+,40-34+. The predicted molar refractivity (Wildman–Crippen MR) is 183 cm³/mol. The summed E-state index contributed by atoms with van der Waals surface area (Å²) in [5.74, 6) is 1.25. The van der Waals surface area contributed by atoms with Crippen LogP contribution in [0, 0.1) is 42.3 Å². The maximum absolute atomic E-state index is 4.99. The van der Waals surface area contributed by atoms with Gasteiger partial charge in [0.2, 0.25) is 0 Å². The Kier molecular flexibility index (Phi) is 7.47. The summed E-state index contributed by atoms with van der Waals surface area (Å²) in [7, 11) is 0. The predicted octanol–water partition coefficient (Wildman–Crippen LogP) is 8.80. The van der Waals surface area contributed by atoms with Gasteiger partial charge < -0.3 is 0 Å². The second kappa shape index (κ2) is 11.5. The van der Waals surface area contributed by atoms with Gasteiger partial charge in [-0.3, -0.25) is 0 Å². The molecule has 232 valence electrons. The Morgan fingerprint density at radius 2 is 0.696 bits per heavy atom. The quantitative estimate of drug-likeness (QED) is 0.190. The number of aromatic nitrogens is 6. The third-order valence-corrected chi connectivity index (χ3v) is 9.32. The average Bonchev–Trinajstić information content (AvgIpc) is 3.68. The smallest absolute Gasteiger partial charge is 0.122 e. The molecule has 0 atom stereocenters. The molecule has 6 aromatic rings. The maximum Gasteiger partial charge on any atom is 0.122 e. The first-order valence-corrected chi connectivity index (χ1v) is 16.6. The van der Waals surface area contributed by atoms with Gasteiger partial charge in [0.15, 0.2) is 0 Å². The van der Waals surface area contributed by atoms with Gasteiger partial charge in [-0.25, -0.2) is 9.36 Å². The molecule has 0 radical (unpaired) electrons. The molecule has 0 unspecified atom stereocenters. The van der Waals surface area contributed by atoms with Crippen molar-refractivity contribution in [3.63, 3.8) is 0 Å². The van der Waals surface area contributed by atoms with Gasteiger partial charge in [-0.2, -0.15) is 0 Å². The summed E-state index contributed by atoms with van der Waals surface area (Å²) < 4.78 is 4.19. The highest BCUT2D eigenvalue weighted by Crippen LogP contribution is 2.33. The normalized spacial score (nSPS) is 15.4. The molecule has 7 rings (SSSR count). The van der Waals surface area contributed by atoms with E-state index in [0.717, 1.165) is 53.6 Å². The zero-order chi connectivity index (χ0) is 32.3. The molecule has 6 heteroatoms. The van der Waals surface area contributed by atoms with Crippen molar-refractivity contribution in [3.8, 4) is 11.4 Å². The van der Waals surface area contributed by atoms with Crippen LogP contribution in [0.5, 0.6) is 0 Å². The van der Waals surface area contributed by atoms with E-state index in [2.05, 4.69) is 150 Å². The first-order valence-electron chi connectivity index (χ1n) is 16.6. The Morgan fingerprint density at radius 1 is 0.391 bits per heavy atom. The lowest BCUT2D eigenvalue weighted by Gasteiger charge is -2.19. The SMILES string of the molecule is CC(C)c1cccc(C(C)C)c1-n1nnc2/c1=c1/cccc/c1=c1\nnn(-c3c(C(C)C)cccc3C(C)C)\c1=c1/cccc/c1=2. The zero-order valence-corrected chi connectivity index (χ0v) is 28.1. The van der Waals surface area contributed by atoms with Crippen LogP contribution in [-0.2, 0) is 0 Å². The maximum atomic E-state index is 4.99. The van der Waals surface area contributed by atoms with Crippen LogP contribution in [0.2, 0.25) is 0 Å². The van der Waals surface area contributed by atoms with E-state index in [1.165, 1.54) is 22.3 Å². The largest absolute Gasteiger partial charge is 0.212 e. The van der Waals surface area contributed by atoms with Gasteiger partial charge in [-0.1, -0.05) is 151 Å². The highest BCUT2D eigenvalue weighted by Gasteiger charge is 2.21. The first kappa shape index (κ1) is 29.8. The molecule has 2 aromatic heterocycles. The second-order valence-corrected chi connectivity index (χ2v) is 13.7. The number of benzene rings is 4. The minimum absolute atomic E-state index is 0.312. The summed E-state index contributed by atoms with van der Waals surface area (Å²) in [6, 6.07) is 30.3. The van der Waals surface area contributed by atoms with Crippen molar-refractivity contribution in [1.29, 1.82) is 0 Å². The van der Waals surface area contributed by atoms with Crippen LogP contribution in [0.3, 0.4) is 0 Å². The summed E-state index contributed by atoms with van der Waals surface area (Å²) in [6.07, 6.45) is 0. The van der Waals surface area contributed by atoms with Crippen molar-refractivity contribution in [2.45, 2.75) is 79.1 Å². The van der Waals surface area contributed by atoms with Crippen LogP contribution in [0.15, 0.2) is 84.9 Å². The van der Waals surface area contributed by atoms with Gasteiger partial charge in [0.25, 0.3) is 0 Å². The molecule has 0 spiro atoms. The molecule has 2 heterocycles.